The molecule has 0 aromatic carbocycles. The molecular weight excluding hydrogens is 366 g/mol. The van der Waals surface area contributed by atoms with Gasteiger partial charge in [-0.25, -0.2) is 9.97 Å². The molecule has 1 N–H and O–H groups in total. The van der Waals surface area contributed by atoms with E-state index >= 15 is 0 Å². The molecule has 0 fully saturated rings. The average Bonchev–Trinajstić information content (AvgIpc) is 3.38. The van der Waals surface area contributed by atoms with Crippen molar-refractivity contribution in [2.75, 3.05) is 12.4 Å². The summed E-state index contributed by atoms with van der Waals surface area (Å²) in [6.45, 7) is 0. The maximum Gasteiger partial charge on any atom is 0.277 e. The normalized spacial score (nSPS) is 10.6. The van der Waals surface area contributed by atoms with Gasteiger partial charge in [-0.05, 0) is 24.3 Å². The van der Waals surface area contributed by atoms with Crippen LogP contribution < -0.4 is 10.1 Å². The monoisotopic (exact) mass is 379 g/mol. The van der Waals surface area contributed by atoms with Crippen molar-refractivity contribution >= 4 is 22.4 Å². The number of rotatable bonds is 5. The maximum absolute atomic E-state index is 12.6. The summed E-state index contributed by atoms with van der Waals surface area (Å²) >= 11 is 1.30. The Morgan fingerprint density at radius 3 is 2.81 bits per heavy atom. The second-order valence-corrected chi connectivity index (χ2v) is 6.15. The van der Waals surface area contributed by atoms with Crippen molar-refractivity contribution in [2.24, 2.45) is 0 Å². The molecule has 0 aliphatic carbocycles. The van der Waals surface area contributed by atoms with Crippen LogP contribution in [-0.2, 0) is 0 Å². The molecule has 0 aliphatic rings. The Kier molecular flexibility index (Phi) is 4.54. The van der Waals surface area contributed by atoms with Crippen LogP contribution in [0.1, 0.15) is 10.5 Å². The van der Waals surface area contributed by atoms with Crippen molar-refractivity contribution in [3.05, 3.63) is 60.0 Å². The highest BCUT2D eigenvalue weighted by atomic mass is 32.1. The predicted octanol–water partition coefficient (Wildman–Crippen LogP) is 2.44. The number of thiazole rings is 1. The summed E-state index contributed by atoms with van der Waals surface area (Å²) in [5.41, 5.74) is 1.61. The number of hydrogen-bond acceptors (Lipinski definition) is 8. The average molecular weight is 379 g/mol. The van der Waals surface area contributed by atoms with Gasteiger partial charge in [-0.15, -0.1) is 16.4 Å². The lowest BCUT2D eigenvalue weighted by atomic mass is 10.3. The smallest absolute Gasteiger partial charge is 0.277 e. The topological polar surface area (TPSA) is 108 Å². The summed E-state index contributed by atoms with van der Waals surface area (Å²) in [5.74, 6) is 0.787. The number of nitrogens with one attached hydrogen (secondary N) is 1. The van der Waals surface area contributed by atoms with Crippen LogP contribution in [-0.4, -0.2) is 43.0 Å². The molecule has 0 aliphatic heterocycles. The van der Waals surface area contributed by atoms with Crippen LogP contribution in [0.4, 0.5) is 5.13 Å². The summed E-state index contributed by atoms with van der Waals surface area (Å²) < 4.78 is 6.47. The van der Waals surface area contributed by atoms with Gasteiger partial charge < -0.3 is 4.74 Å². The number of carbonyl (C=O) groups is 1. The molecule has 134 valence electrons. The van der Waals surface area contributed by atoms with Gasteiger partial charge in [-0.1, -0.05) is 11.3 Å². The lowest BCUT2D eigenvalue weighted by Gasteiger charge is -2.04. The molecule has 4 heterocycles. The highest BCUT2D eigenvalue weighted by Crippen LogP contribution is 2.25. The number of ether oxygens (including phenoxy) is 1. The standard InChI is InChI=1S/C17H13N7O2S/c1-26-11-5-6-12(19-8-11)13-10-27-17(21-13)22-16(25)14-9-20-23-24(14)15-4-2-3-7-18-15/h2-10H,1H3,(H,21,22,25). The Hall–Kier alpha value is -3.66. The highest BCUT2D eigenvalue weighted by Gasteiger charge is 2.17. The quantitative estimate of drug-likeness (QED) is 0.567. The summed E-state index contributed by atoms with van der Waals surface area (Å²) in [5, 5.41) is 12.7. The Bertz CT molecular complexity index is 1060. The van der Waals surface area contributed by atoms with Gasteiger partial charge in [0.1, 0.15) is 11.4 Å². The molecule has 10 heteroatoms. The minimum atomic E-state index is -0.380. The maximum atomic E-state index is 12.6. The molecule has 0 saturated carbocycles. The Morgan fingerprint density at radius 2 is 2.07 bits per heavy atom. The minimum Gasteiger partial charge on any atom is -0.495 e. The van der Waals surface area contributed by atoms with Gasteiger partial charge in [0.25, 0.3) is 5.91 Å². The van der Waals surface area contributed by atoms with Crippen molar-refractivity contribution in [2.45, 2.75) is 0 Å². The number of anilines is 1. The van der Waals surface area contributed by atoms with Gasteiger partial charge in [0.15, 0.2) is 16.6 Å². The minimum absolute atomic E-state index is 0.257. The summed E-state index contributed by atoms with van der Waals surface area (Å²) in [7, 11) is 1.58. The first-order valence-electron chi connectivity index (χ1n) is 7.84. The van der Waals surface area contributed by atoms with Crippen molar-refractivity contribution in [1.29, 1.82) is 0 Å². The fourth-order valence-electron chi connectivity index (χ4n) is 2.30. The summed E-state index contributed by atoms with van der Waals surface area (Å²) in [6, 6.07) is 8.93. The number of amides is 1. The van der Waals surface area contributed by atoms with E-state index in [0.717, 1.165) is 0 Å². The number of methoxy groups -OCH3 is 1. The van der Waals surface area contributed by atoms with Crippen LogP contribution in [0.3, 0.4) is 0 Å². The molecule has 1 amide bonds. The second-order valence-electron chi connectivity index (χ2n) is 5.29. The predicted molar refractivity (Wildman–Crippen MR) is 99.0 cm³/mol. The van der Waals surface area contributed by atoms with E-state index in [1.807, 2.05) is 5.38 Å². The molecule has 9 nitrogen and oxygen atoms in total. The Labute approximate surface area is 157 Å². The highest BCUT2D eigenvalue weighted by molar-refractivity contribution is 7.14. The van der Waals surface area contributed by atoms with E-state index in [0.29, 0.717) is 28.1 Å². The molecule has 0 atom stereocenters. The number of pyridine rings is 2. The molecule has 4 rings (SSSR count). The lowest BCUT2D eigenvalue weighted by molar-refractivity contribution is 0.101. The van der Waals surface area contributed by atoms with Crippen LogP contribution in [0.15, 0.2) is 54.3 Å². The van der Waals surface area contributed by atoms with Gasteiger partial charge in [-0.3, -0.25) is 15.1 Å². The molecule has 0 saturated heterocycles. The molecule has 0 radical (unpaired) electrons. The molecule has 4 aromatic rings. The van der Waals surface area contributed by atoms with Gasteiger partial charge in [0.2, 0.25) is 0 Å². The van der Waals surface area contributed by atoms with E-state index in [1.54, 1.807) is 49.8 Å². The van der Waals surface area contributed by atoms with Gasteiger partial charge in [0.05, 0.1) is 25.2 Å². The van der Waals surface area contributed by atoms with Crippen molar-refractivity contribution < 1.29 is 9.53 Å². The molecule has 0 spiro atoms. The van der Waals surface area contributed by atoms with E-state index in [4.69, 9.17) is 4.74 Å². The molecule has 0 unspecified atom stereocenters. The fourth-order valence-corrected chi connectivity index (χ4v) is 3.00. The van der Waals surface area contributed by atoms with Crippen LogP contribution in [0, 0.1) is 0 Å². The largest absolute Gasteiger partial charge is 0.495 e. The van der Waals surface area contributed by atoms with E-state index in [1.165, 1.54) is 22.2 Å². The SMILES string of the molecule is COc1ccc(-c2csc(NC(=O)c3cnnn3-c3ccccn3)n2)nc1. The Morgan fingerprint density at radius 1 is 1.15 bits per heavy atom. The first-order valence-corrected chi connectivity index (χ1v) is 8.72. The zero-order valence-electron chi connectivity index (χ0n) is 14.1. The van der Waals surface area contributed by atoms with Crippen molar-refractivity contribution in [3.8, 4) is 23.0 Å². The summed E-state index contributed by atoms with van der Waals surface area (Å²) in [6.07, 6.45) is 4.61. The first kappa shape index (κ1) is 16.8. The van der Waals surface area contributed by atoms with Gasteiger partial charge in [-0.2, -0.15) is 4.68 Å². The van der Waals surface area contributed by atoms with Crippen molar-refractivity contribution in [3.63, 3.8) is 0 Å². The molecular formula is C17H13N7O2S. The Balaban J connectivity index is 1.53. The number of nitrogens with zero attached hydrogens (tertiary/aromatic N) is 6. The van der Waals surface area contributed by atoms with Crippen LogP contribution in [0.5, 0.6) is 5.75 Å². The molecule has 4 aromatic heterocycles. The first-order chi connectivity index (χ1) is 13.2. The van der Waals surface area contributed by atoms with E-state index < -0.39 is 0 Å². The fraction of sp³-hybridized carbons (Fsp3) is 0.0588. The van der Waals surface area contributed by atoms with Crippen LogP contribution in [0.25, 0.3) is 17.2 Å². The van der Waals surface area contributed by atoms with E-state index in [9.17, 15) is 4.79 Å². The second kappa shape index (κ2) is 7.30. The molecule has 0 bridgehead atoms. The van der Waals surface area contributed by atoms with Crippen LogP contribution in [0.2, 0.25) is 0 Å². The third kappa shape index (κ3) is 3.51. The van der Waals surface area contributed by atoms with Crippen molar-refractivity contribution in [1.82, 2.24) is 29.9 Å². The van der Waals surface area contributed by atoms with E-state index in [2.05, 4.69) is 30.6 Å². The number of hydrogen-bond donors (Lipinski definition) is 1. The zero-order valence-corrected chi connectivity index (χ0v) is 14.9. The van der Waals surface area contributed by atoms with Gasteiger partial charge >= 0.3 is 0 Å². The van der Waals surface area contributed by atoms with Crippen LogP contribution >= 0.6 is 11.3 Å². The lowest BCUT2D eigenvalue weighted by Crippen LogP contribution is -2.17. The number of aromatic nitrogens is 6. The van der Waals surface area contributed by atoms with E-state index in [-0.39, 0.29) is 11.6 Å². The van der Waals surface area contributed by atoms with Gasteiger partial charge in [0, 0.05) is 11.6 Å². The third-order valence-corrected chi connectivity index (χ3v) is 4.37. The number of carbonyl (C=O) groups excluding carboxylic acids is 1. The summed E-state index contributed by atoms with van der Waals surface area (Å²) in [4.78, 5) is 25.5. The zero-order chi connectivity index (χ0) is 18.6. The third-order valence-electron chi connectivity index (χ3n) is 3.61. The molecule has 27 heavy (non-hydrogen) atoms.